The molecule has 162 valence electrons. The molecule has 1 amide bonds. The number of halogens is 4. The van der Waals surface area contributed by atoms with Gasteiger partial charge in [0.25, 0.3) is 0 Å². The zero-order valence-corrected chi connectivity index (χ0v) is 18.3. The van der Waals surface area contributed by atoms with Gasteiger partial charge in [-0.2, -0.15) is 13.2 Å². The van der Waals surface area contributed by atoms with Gasteiger partial charge in [-0.25, -0.2) is 0 Å². The lowest BCUT2D eigenvalue weighted by atomic mass is 9.93. The van der Waals surface area contributed by atoms with Crippen LogP contribution in [0.25, 0.3) is 0 Å². The standard InChI is InChI=1S/C21H28BrF3N2O2/c1-29-18-2-3-19(22)17(13-18)12-16-5-9-26(14-16)8-4-15-6-10-27(11-7-15)20(28)21(23,24)25/h2-3,13,15-16H,4-12,14H2,1H3. The third-order valence-electron chi connectivity index (χ3n) is 6.13. The third kappa shape index (κ3) is 6.10. The Morgan fingerprint density at radius 2 is 1.86 bits per heavy atom. The summed E-state index contributed by atoms with van der Waals surface area (Å²) in [5.74, 6) is 0.180. The molecule has 2 aliphatic rings. The maximum absolute atomic E-state index is 12.5. The quantitative estimate of drug-likeness (QED) is 0.605. The lowest BCUT2D eigenvalue weighted by Crippen LogP contribution is -2.45. The van der Waals surface area contributed by atoms with Crippen LogP contribution >= 0.6 is 15.9 Å². The average molecular weight is 477 g/mol. The van der Waals surface area contributed by atoms with Crippen molar-refractivity contribution in [3.8, 4) is 5.75 Å². The van der Waals surface area contributed by atoms with Crippen LogP contribution in [0.15, 0.2) is 22.7 Å². The number of methoxy groups -OCH3 is 1. The first-order chi connectivity index (χ1) is 13.8. The van der Waals surface area contributed by atoms with E-state index in [1.165, 1.54) is 5.56 Å². The van der Waals surface area contributed by atoms with E-state index < -0.39 is 12.1 Å². The molecule has 2 saturated heterocycles. The molecule has 0 spiro atoms. The zero-order chi connectivity index (χ0) is 21.0. The van der Waals surface area contributed by atoms with Crippen LogP contribution in [0, 0.1) is 11.8 Å². The Kier molecular flexibility index (Phi) is 7.48. The van der Waals surface area contributed by atoms with Crippen molar-refractivity contribution in [2.45, 2.75) is 38.3 Å². The summed E-state index contributed by atoms with van der Waals surface area (Å²) in [7, 11) is 1.67. The van der Waals surface area contributed by atoms with Gasteiger partial charge in [-0.1, -0.05) is 15.9 Å². The van der Waals surface area contributed by atoms with Crippen molar-refractivity contribution in [2.75, 3.05) is 39.8 Å². The van der Waals surface area contributed by atoms with Crippen molar-refractivity contribution in [1.82, 2.24) is 9.80 Å². The molecule has 3 rings (SSSR count). The zero-order valence-electron chi connectivity index (χ0n) is 16.7. The van der Waals surface area contributed by atoms with E-state index in [9.17, 15) is 18.0 Å². The Hall–Kier alpha value is -1.28. The van der Waals surface area contributed by atoms with Crippen LogP contribution < -0.4 is 4.74 Å². The monoisotopic (exact) mass is 476 g/mol. The minimum atomic E-state index is -4.75. The Morgan fingerprint density at radius 3 is 2.52 bits per heavy atom. The summed E-state index contributed by atoms with van der Waals surface area (Å²) in [6, 6.07) is 6.06. The smallest absolute Gasteiger partial charge is 0.471 e. The van der Waals surface area contributed by atoms with Crippen LogP contribution in [0.2, 0.25) is 0 Å². The fraction of sp³-hybridized carbons (Fsp3) is 0.667. The summed E-state index contributed by atoms with van der Waals surface area (Å²) in [5, 5.41) is 0. The molecule has 8 heteroatoms. The molecular formula is C21H28BrF3N2O2. The molecule has 1 atom stereocenters. The summed E-state index contributed by atoms with van der Waals surface area (Å²) < 4.78 is 44.0. The van der Waals surface area contributed by atoms with Gasteiger partial charge in [0.05, 0.1) is 7.11 Å². The lowest BCUT2D eigenvalue weighted by Gasteiger charge is -2.33. The van der Waals surface area contributed by atoms with Gasteiger partial charge in [0.15, 0.2) is 0 Å². The molecule has 1 aromatic carbocycles. The highest BCUT2D eigenvalue weighted by Gasteiger charge is 2.43. The fourth-order valence-corrected chi connectivity index (χ4v) is 4.81. The van der Waals surface area contributed by atoms with E-state index in [0.29, 0.717) is 24.7 Å². The number of likely N-dealkylation sites (tertiary alicyclic amines) is 2. The Bertz CT molecular complexity index is 706. The summed E-state index contributed by atoms with van der Waals surface area (Å²) in [6.45, 7) is 3.53. The summed E-state index contributed by atoms with van der Waals surface area (Å²) in [6.07, 6.45) is -0.279. The number of hydrogen-bond acceptors (Lipinski definition) is 3. The first-order valence-corrected chi connectivity index (χ1v) is 11.0. The summed E-state index contributed by atoms with van der Waals surface area (Å²) in [5.41, 5.74) is 1.26. The van der Waals surface area contributed by atoms with Crippen molar-refractivity contribution in [3.05, 3.63) is 28.2 Å². The van der Waals surface area contributed by atoms with Crippen molar-refractivity contribution < 1.29 is 22.7 Å². The molecule has 0 N–H and O–H groups in total. The van der Waals surface area contributed by atoms with Gasteiger partial charge in [-0.05, 0) is 80.8 Å². The van der Waals surface area contributed by atoms with Crippen molar-refractivity contribution >= 4 is 21.8 Å². The van der Waals surface area contributed by atoms with Crippen LogP contribution in [0.4, 0.5) is 13.2 Å². The molecular weight excluding hydrogens is 449 g/mol. The Morgan fingerprint density at radius 1 is 1.17 bits per heavy atom. The largest absolute Gasteiger partial charge is 0.497 e. The maximum atomic E-state index is 12.5. The normalized spacial score (nSPS) is 21.6. The van der Waals surface area contributed by atoms with E-state index in [2.05, 4.69) is 26.9 Å². The number of benzene rings is 1. The maximum Gasteiger partial charge on any atom is 0.471 e. The van der Waals surface area contributed by atoms with E-state index in [4.69, 9.17) is 4.74 Å². The number of amides is 1. The predicted octanol–water partition coefficient (Wildman–Crippen LogP) is 4.51. The highest BCUT2D eigenvalue weighted by molar-refractivity contribution is 9.10. The second-order valence-electron chi connectivity index (χ2n) is 8.14. The molecule has 29 heavy (non-hydrogen) atoms. The number of ether oxygens (including phenoxy) is 1. The number of carbonyl (C=O) groups is 1. The molecule has 0 saturated carbocycles. The predicted molar refractivity (Wildman–Crippen MR) is 109 cm³/mol. The molecule has 1 unspecified atom stereocenters. The van der Waals surface area contributed by atoms with Crippen LogP contribution in [0.5, 0.6) is 5.75 Å². The topological polar surface area (TPSA) is 32.8 Å². The first kappa shape index (κ1) is 22.4. The van der Waals surface area contributed by atoms with Crippen LogP contribution in [0.1, 0.15) is 31.2 Å². The SMILES string of the molecule is COc1ccc(Br)c(CC2CCN(CCC3CCN(C(=O)C(F)(F)F)CC3)C2)c1. The van der Waals surface area contributed by atoms with Crippen molar-refractivity contribution in [1.29, 1.82) is 0 Å². The number of hydrogen-bond donors (Lipinski definition) is 0. The Balaban J connectivity index is 1.40. The van der Waals surface area contributed by atoms with E-state index >= 15 is 0 Å². The third-order valence-corrected chi connectivity index (χ3v) is 6.90. The summed E-state index contributed by atoms with van der Waals surface area (Å²) >= 11 is 3.62. The molecule has 0 aliphatic carbocycles. The molecule has 2 fully saturated rings. The van der Waals surface area contributed by atoms with Crippen LogP contribution in [0.3, 0.4) is 0 Å². The van der Waals surface area contributed by atoms with E-state index in [1.54, 1.807) is 7.11 Å². The minimum absolute atomic E-state index is 0.218. The van der Waals surface area contributed by atoms with Gasteiger partial charge >= 0.3 is 12.1 Å². The first-order valence-electron chi connectivity index (χ1n) is 10.2. The number of alkyl halides is 3. The number of piperidine rings is 1. The second-order valence-corrected chi connectivity index (χ2v) is 8.99. The molecule has 4 nitrogen and oxygen atoms in total. The van der Waals surface area contributed by atoms with Crippen molar-refractivity contribution in [3.63, 3.8) is 0 Å². The van der Waals surface area contributed by atoms with Crippen LogP contribution in [-0.2, 0) is 11.2 Å². The fourth-order valence-electron chi connectivity index (χ4n) is 4.40. The highest BCUT2D eigenvalue weighted by atomic mass is 79.9. The summed E-state index contributed by atoms with van der Waals surface area (Å²) in [4.78, 5) is 14.7. The van der Waals surface area contributed by atoms with Gasteiger partial charge in [0, 0.05) is 24.1 Å². The Labute approximate surface area is 178 Å². The van der Waals surface area contributed by atoms with Gasteiger partial charge in [-0.3, -0.25) is 4.79 Å². The van der Waals surface area contributed by atoms with Gasteiger partial charge in [0.2, 0.25) is 0 Å². The number of carbonyl (C=O) groups excluding carboxylic acids is 1. The van der Waals surface area contributed by atoms with Crippen LogP contribution in [-0.4, -0.2) is 61.7 Å². The van der Waals surface area contributed by atoms with Crippen molar-refractivity contribution in [2.24, 2.45) is 11.8 Å². The molecule has 0 aromatic heterocycles. The van der Waals surface area contributed by atoms with Gasteiger partial charge in [-0.15, -0.1) is 0 Å². The molecule has 0 bridgehead atoms. The molecule has 1 aromatic rings. The highest BCUT2D eigenvalue weighted by Crippen LogP contribution is 2.30. The molecule has 2 aliphatic heterocycles. The molecule has 0 radical (unpaired) electrons. The molecule has 2 heterocycles. The number of nitrogens with zero attached hydrogens (tertiary/aromatic N) is 2. The van der Waals surface area contributed by atoms with E-state index in [1.807, 2.05) is 12.1 Å². The van der Waals surface area contributed by atoms with Gasteiger partial charge in [0.1, 0.15) is 5.75 Å². The average Bonchev–Trinajstić information content (AvgIpc) is 3.14. The van der Waals surface area contributed by atoms with Gasteiger partial charge < -0.3 is 14.5 Å². The van der Waals surface area contributed by atoms with E-state index in [0.717, 1.165) is 54.0 Å². The van der Waals surface area contributed by atoms with E-state index in [-0.39, 0.29) is 13.1 Å². The minimum Gasteiger partial charge on any atom is -0.497 e. The number of rotatable bonds is 6. The lowest BCUT2D eigenvalue weighted by molar-refractivity contribution is -0.186. The second kappa shape index (κ2) is 9.69.